The summed E-state index contributed by atoms with van der Waals surface area (Å²) >= 11 is 0. The Morgan fingerprint density at radius 3 is 2.41 bits per heavy atom. The van der Waals surface area contributed by atoms with E-state index in [1.54, 1.807) is 12.1 Å². The SMILES string of the molecule is Cc1cc(C)c2oc(=O)cc(-c3oc4ccccc4c3NC(=O)c3ccc([N+](=O)[O-])cc3)c2c1. The van der Waals surface area contributed by atoms with Crippen molar-refractivity contribution in [2.24, 2.45) is 0 Å². The number of hydrogen-bond donors (Lipinski definition) is 1. The maximum absolute atomic E-state index is 13.1. The van der Waals surface area contributed by atoms with E-state index in [1.807, 2.05) is 38.1 Å². The van der Waals surface area contributed by atoms with Crippen LogP contribution in [0, 0.1) is 24.0 Å². The van der Waals surface area contributed by atoms with E-state index >= 15 is 0 Å². The summed E-state index contributed by atoms with van der Waals surface area (Å²) in [6.07, 6.45) is 0. The summed E-state index contributed by atoms with van der Waals surface area (Å²) in [6.45, 7) is 3.80. The number of non-ortho nitro benzene ring substituents is 1. The lowest BCUT2D eigenvalue weighted by atomic mass is 10.0. The zero-order valence-corrected chi connectivity index (χ0v) is 18.2. The van der Waals surface area contributed by atoms with Gasteiger partial charge in [0.25, 0.3) is 11.6 Å². The van der Waals surface area contributed by atoms with E-state index in [0.29, 0.717) is 38.9 Å². The van der Waals surface area contributed by atoms with E-state index in [1.165, 1.54) is 30.3 Å². The van der Waals surface area contributed by atoms with Gasteiger partial charge in [-0.3, -0.25) is 14.9 Å². The van der Waals surface area contributed by atoms with Crippen molar-refractivity contribution in [3.8, 4) is 11.3 Å². The third-order valence-corrected chi connectivity index (χ3v) is 5.59. The topological polar surface area (TPSA) is 116 Å². The maximum Gasteiger partial charge on any atom is 0.336 e. The molecular formula is C26H18N2O6. The zero-order chi connectivity index (χ0) is 24.0. The molecule has 2 aromatic heterocycles. The summed E-state index contributed by atoms with van der Waals surface area (Å²) in [7, 11) is 0. The van der Waals surface area contributed by atoms with Crippen LogP contribution in [0.15, 0.2) is 80.4 Å². The Morgan fingerprint density at radius 2 is 1.68 bits per heavy atom. The first-order chi connectivity index (χ1) is 16.3. The monoisotopic (exact) mass is 454 g/mol. The normalized spacial score (nSPS) is 11.1. The summed E-state index contributed by atoms with van der Waals surface area (Å²) in [5, 5.41) is 15.1. The number of para-hydroxylation sites is 1. The highest BCUT2D eigenvalue weighted by Gasteiger charge is 2.22. The fraction of sp³-hybridized carbons (Fsp3) is 0.0769. The van der Waals surface area contributed by atoms with Gasteiger partial charge in [0.15, 0.2) is 5.76 Å². The van der Waals surface area contributed by atoms with Crippen molar-refractivity contribution in [3.05, 3.63) is 104 Å². The smallest absolute Gasteiger partial charge is 0.336 e. The molecule has 168 valence electrons. The third kappa shape index (κ3) is 3.61. The van der Waals surface area contributed by atoms with Crippen LogP contribution in [-0.4, -0.2) is 10.8 Å². The van der Waals surface area contributed by atoms with Crippen LogP contribution in [0.5, 0.6) is 0 Å². The fourth-order valence-electron chi connectivity index (χ4n) is 4.08. The average Bonchev–Trinajstić information content (AvgIpc) is 3.17. The van der Waals surface area contributed by atoms with Crippen molar-refractivity contribution in [1.82, 2.24) is 0 Å². The minimum Gasteiger partial charge on any atom is -0.454 e. The molecule has 1 amide bonds. The van der Waals surface area contributed by atoms with Gasteiger partial charge in [0.1, 0.15) is 11.2 Å². The number of anilines is 1. The molecule has 0 unspecified atom stereocenters. The summed E-state index contributed by atoms with van der Waals surface area (Å²) in [6, 6.07) is 17.7. The zero-order valence-electron chi connectivity index (χ0n) is 18.2. The lowest BCUT2D eigenvalue weighted by Gasteiger charge is -2.10. The van der Waals surface area contributed by atoms with Crippen LogP contribution in [-0.2, 0) is 0 Å². The van der Waals surface area contributed by atoms with Crippen LogP contribution in [0.4, 0.5) is 11.4 Å². The minimum atomic E-state index is -0.539. The lowest BCUT2D eigenvalue weighted by molar-refractivity contribution is -0.384. The number of aryl methyl sites for hydroxylation is 2. The summed E-state index contributed by atoms with van der Waals surface area (Å²) in [5.74, 6) is -0.151. The summed E-state index contributed by atoms with van der Waals surface area (Å²) in [4.78, 5) is 35.9. The quantitative estimate of drug-likeness (QED) is 0.203. The van der Waals surface area contributed by atoms with Gasteiger partial charge >= 0.3 is 5.63 Å². The molecule has 0 bridgehead atoms. The number of nitrogens with zero attached hydrogens (tertiary/aromatic N) is 1. The van der Waals surface area contributed by atoms with Crippen molar-refractivity contribution in [2.45, 2.75) is 13.8 Å². The Balaban J connectivity index is 1.69. The number of hydrogen-bond acceptors (Lipinski definition) is 6. The number of nitro groups is 1. The molecule has 0 aliphatic carbocycles. The first kappa shape index (κ1) is 21.1. The minimum absolute atomic E-state index is 0.112. The van der Waals surface area contributed by atoms with Crippen molar-refractivity contribution in [2.75, 3.05) is 5.32 Å². The van der Waals surface area contributed by atoms with Gasteiger partial charge in [-0.05, 0) is 55.3 Å². The number of carbonyl (C=O) groups excluding carboxylic acids is 1. The van der Waals surface area contributed by atoms with Crippen LogP contribution in [0.1, 0.15) is 21.5 Å². The molecular weight excluding hydrogens is 436 g/mol. The van der Waals surface area contributed by atoms with Gasteiger partial charge < -0.3 is 14.2 Å². The molecule has 2 heterocycles. The van der Waals surface area contributed by atoms with Crippen LogP contribution in [0.2, 0.25) is 0 Å². The van der Waals surface area contributed by atoms with Gasteiger partial charge in [-0.1, -0.05) is 18.2 Å². The van der Waals surface area contributed by atoms with Gasteiger partial charge in [0, 0.05) is 40.1 Å². The highest BCUT2D eigenvalue weighted by atomic mass is 16.6. The molecule has 5 rings (SSSR count). The Kier molecular flexibility index (Phi) is 4.98. The summed E-state index contributed by atoms with van der Waals surface area (Å²) in [5.41, 5.74) is 3.24. The lowest BCUT2D eigenvalue weighted by Crippen LogP contribution is -2.12. The standard InChI is InChI=1S/C26H18N2O6/c1-14-11-15(2)24-19(12-14)20(13-22(29)34-24)25-23(18-5-3-4-6-21(18)33-25)27-26(30)16-7-9-17(10-8-16)28(31)32/h3-13H,1-2H3,(H,27,30). The number of carbonyl (C=O) groups is 1. The number of fused-ring (bicyclic) bond motifs is 2. The predicted molar refractivity (Wildman–Crippen MR) is 128 cm³/mol. The number of benzene rings is 3. The van der Waals surface area contributed by atoms with Gasteiger partial charge in [0.05, 0.1) is 10.6 Å². The van der Waals surface area contributed by atoms with E-state index < -0.39 is 16.5 Å². The molecule has 5 aromatic rings. The van der Waals surface area contributed by atoms with Gasteiger partial charge in [-0.15, -0.1) is 0 Å². The number of rotatable bonds is 4. The number of amides is 1. The molecule has 0 aliphatic heterocycles. The molecule has 8 heteroatoms. The van der Waals surface area contributed by atoms with E-state index in [4.69, 9.17) is 8.83 Å². The molecule has 0 saturated carbocycles. The number of nitro benzene ring substituents is 1. The molecule has 34 heavy (non-hydrogen) atoms. The number of furan rings is 1. The fourth-order valence-corrected chi connectivity index (χ4v) is 4.08. The Morgan fingerprint density at radius 1 is 0.941 bits per heavy atom. The highest BCUT2D eigenvalue weighted by Crippen LogP contribution is 2.41. The van der Waals surface area contributed by atoms with Crippen molar-refractivity contribution >= 4 is 39.2 Å². The predicted octanol–water partition coefficient (Wildman–Crippen LogP) is 5.98. The van der Waals surface area contributed by atoms with Crippen molar-refractivity contribution in [1.29, 1.82) is 0 Å². The Hall–Kier alpha value is -4.72. The molecule has 0 spiro atoms. The second-order valence-corrected chi connectivity index (χ2v) is 8.00. The molecule has 0 atom stereocenters. The van der Waals surface area contributed by atoms with Crippen LogP contribution < -0.4 is 10.9 Å². The van der Waals surface area contributed by atoms with E-state index in [9.17, 15) is 19.7 Å². The van der Waals surface area contributed by atoms with Gasteiger partial charge in [0.2, 0.25) is 0 Å². The van der Waals surface area contributed by atoms with Crippen molar-refractivity contribution < 1.29 is 18.6 Å². The van der Waals surface area contributed by atoms with Crippen molar-refractivity contribution in [3.63, 3.8) is 0 Å². The molecule has 0 aliphatic rings. The second kappa shape index (κ2) is 8.00. The molecule has 0 fully saturated rings. The molecule has 8 nitrogen and oxygen atoms in total. The largest absolute Gasteiger partial charge is 0.454 e. The van der Waals surface area contributed by atoms with Gasteiger partial charge in [-0.25, -0.2) is 4.79 Å². The Labute approximate surface area is 192 Å². The summed E-state index contributed by atoms with van der Waals surface area (Å²) < 4.78 is 11.6. The number of nitrogens with one attached hydrogen (secondary N) is 1. The first-order valence-corrected chi connectivity index (χ1v) is 10.4. The Bertz CT molecular complexity index is 1660. The maximum atomic E-state index is 13.1. The second-order valence-electron chi connectivity index (χ2n) is 8.00. The third-order valence-electron chi connectivity index (χ3n) is 5.59. The van der Waals surface area contributed by atoms with Gasteiger partial charge in [-0.2, -0.15) is 0 Å². The molecule has 3 aromatic carbocycles. The first-order valence-electron chi connectivity index (χ1n) is 10.4. The molecule has 0 saturated heterocycles. The van der Waals surface area contributed by atoms with Crippen LogP contribution >= 0.6 is 0 Å². The van der Waals surface area contributed by atoms with E-state index in [2.05, 4.69) is 5.32 Å². The van der Waals surface area contributed by atoms with Crippen LogP contribution in [0.25, 0.3) is 33.3 Å². The molecule has 0 radical (unpaired) electrons. The average molecular weight is 454 g/mol. The van der Waals surface area contributed by atoms with Crippen LogP contribution in [0.3, 0.4) is 0 Å². The highest BCUT2D eigenvalue weighted by molar-refractivity contribution is 6.13. The molecule has 1 N–H and O–H groups in total. The van der Waals surface area contributed by atoms with E-state index in [0.717, 1.165) is 11.1 Å². The van der Waals surface area contributed by atoms with E-state index in [-0.39, 0.29) is 11.3 Å².